The lowest BCUT2D eigenvalue weighted by Gasteiger charge is -2.25. The van der Waals surface area contributed by atoms with Gasteiger partial charge >= 0.3 is 0 Å². The largest absolute Gasteiger partial charge is 0.390 e. The van der Waals surface area contributed by atoms with Crippen molar-refractivity contribution >= 4 is 0 Å². The molecule has 0 spiro atoms. The molecule has 2 aliphatic heterocycles. The Kier molecular flexibility index (Phi) is 3.26. The van der Waals surface area contributed by atoms with Gasteiger partial charge in [-0.3, -0.25) is 0 Å². The maximum Gasteiger partial charge on any atom is 0.190 e. The Morgan fingerprint density at radius 3 is 2.76 bits per heavy atom. The second-order valence-corrected chi connectivity index (χ2v) is 4.54. The van der Waals surface area contributed by atoms with Gasteiger partial charge in [-0.25, -0.2) is 0 Å². The molecule has 96 valence electrons. The fraction of sp³-hybridized carbons (Fsp3) is 1.00. The first-order chi connectivity index (χ1) is 7.94. The monoisotopic (exact) mass is 245 g/mol. The summed E-state index contributed by atoms with van der Waals surface area (Å²) >= 11 is 0. The number of hydrogen-bond donors (Lipinski definition) is 2. The predicted octanol–water partition coefficient (Wildman–Crippen LogP) is -0.105. The lowest BCUT2D eigenvalue weighted by molar-refractivity contribution is -0.224. The summed E-state index contributed by atoms with van der Waals surface area (Å²) in [7, 11) is 0. The minimum absolute atomic E-state index is 0.166. The summed E-state index contributed by atoms with van der Waals surface area (Å²) < 4.78 is 16.2. The first-order valence-corrected chi connectivity index (χ1v) is 5.33. The van der Waals surface area contributed by atoms with Crippen molar-refractivity contribution < 1.29 is 24.4 Å². The van der Waals surface area contributed by atoms with Crippen LogP contribution in [0.4, 0.5) is 0 Å². The van der Waals surface area contributed by atoms with Crippen LogP contribution >= 0.6 is 0 Å². The zero-order valence-corrected chi connectivity index (χ0v) is 9.55. The van der Waals surface area contributed by atoms with Gasteiger partial charge in [-0.15, -0.1) is 0 Å². The van der Waals surface area contributed by atoms with E-state index in [-0.39, 0.29) is 6.54 Å². The molecule has 2 aliphatic rings. The molecule has 8 nitrogen and oxygen atoms in total. The van der Waals surface area contributed by atoms with E-state index in [9.17, 15) is 10.2 Å². The van der Waals surface area contributed by atoms with Gasteiger partial charge in [0.2, 0.25) is 0 Å². The molecule has 0 bridgehead atoms. The minimum Gasteiger partial charge on any atom is -0.390 e. The molecule has 0 aromatic rings. The van der Waals surface area contributed by atoms with Gasteiger partial charge in [0.25, 0.3) is 0 Å². The summed E-state index contributed by atoms with van der Waals surface area (Å²) in [5.74, 6) is -0.808. The quantitative estimate of drug-likeness (QED) is 0.409. The van der Waals surface area contributed by atoms with E-state index in [0.717, 1.165) is 0 Å². The molecule has 2 heterocycles. The highest BCUT2D eigenvalue weighted by atomic mass is 16.8. The Morgan fingerprint density at radius 2 is 2.18 bits per heavy atom. The highest BCUT2D eigenvalue weighted by Gasteiger charge is 2.55. The third-order valence-corrected chi connectivity index (χ3v) is 2.76. The molecule has 0 aromatic heterocycles. The minimum atomic E-state index is -1.08. The van der Waals surface area contributed by atoms with Gasteiger partial charge in [-0.1, -0.05) is 5.11 Å². The van der Waals surface area contributed by atoms with Crippen molar-refractivity contribution in [3.63, 3.8) is 0 Å². The van der Waals surface area contributed by atoms with Gasteiger partial charge in [-0.2, -0.15) is 0 Å². The molecule has 0 radical (unpaired) electrons. The van der Waals surface area contributed by atoms with Crippen LogP contribution in [-0.4, -0.2) is 53.3 Å². The van der Waals surface area contributed by atoms with Crippen molar-refractivity contribution in [2.24, 2.45) is 5.11 Å². The first kappa shape index (κ1) is 12.6. The normalized spacial score (nSPS) is 40.7. The van der Waals surface area contributed by atoms with E-state index in [1.807, 2.05) is 0 Å². The Hall–Kier alpha value is -0.890. The molecule has 2 saturated heterocycles. The van der Waals surface area contributed by atoms with E-state index in [4.69, 9.17) is 19.7 Å². The first-order valence-electron chi connectivity index (χ1n) is 5.33. The molecule has 17 heavy (non-hydrogen) atoms. The number of aliphatic hydroxyl groups excluding tert-OH is 2. The average molecular weight is 245 g/mol. The number of rotatable bonds is 3. The number of hydrogen-bond acceptors (Lipinski definition) is 6. The van der Waals surface area contributed by atoms with Crippen LogP contribution < -0.4 is 0 Å². The average Bonchev–Trinajstić information content (AvgIpc) is 2.70. The molecule has 5 atom stereocenters. The highest BCUT2D eigenvalue weighted by Crippen LogP contribution is 2.38. The Balaban J connectivity index is 2.00. The van der Waals surface area contributed by atoms with E-state index in [2.05, 4.69) is 10.0 Å². The number of aliphatic hydroxyl groups is 2. The summed E-state index contributed by atoms with van der Waals surface area (Å²) in [6, 6.07) is 0. The smallest absolute Gasteiger partial charge is 0.190 e. The third kappa shape index (κ3) is 2.37. The van der Waals surface area contributed by atoms with Crippen molar-refractivity contribution in [2.75, 3.05) is 6.54 Å². The molecule has 2 rings (SSSR count). The maximum absolute atomic E-state index is 9.94. The van der Waals surface area contributed by atoms with Crippen molar-refractivity contribution in [1.82, 2.24) is 0 Å². The topological polar surface area (TPSA) is 117 Å². The van der Waals surface area contributed by atoms with Crippen molar-refractivity contribution in [3.8, 4) is 0 Å². The van der Waals surface area contributed by atoms with Gasteiger partial charge in [0.05, 0.1) is 12.6 Å². The summed E-state index contributed by atoms with van der Waals surface area (Å²) in [5.41, 5.74) is 8.15. The Bertz CT molecular complexity index is 344. The lowest BCUT2D eigenvalue weighted by Crippen LogP contribution is -2.42. The molecular formula is C9H15N3O5. The SMILES string of the molecule is CC1(C)O[C@@H]2O[C@H]([C@@H](O)CN=[N+]=[N-])[C@@H](O)[C@@H]2O1. The molecule has 0 amide bonds. The van der Waals surface area contributed by atoms with Crippen LogP contribution in [0.15, 0.2) is 5.11 Å². The van der Waals surface area contributed by atoms with Gasteiger partial charge in [-0.05, 0) is 19.4 Å². The van der Waals surface area contributed by atoms with Crippen molar-refractivity contribution in [2.45, 2.75) is 50.3 Å². The molecule has 2 fully saturated rings. The summed E-state index contributed by atoms with van der Waals surface area (Å²) in [6.45, 7) is 3.26. The van der Waals surface area contributed by atoms with Crippen LogP contribution in [0.25, 0.3) is 10.4 Å². The Morgan fingerprint density at radius 1 is 1.47 bits per heavy atom. The number of nitrogens with zero attached hydrogens (tertiary/aromatic N) is 3. The zero-order chi connectivity index (χ0) is 12.6. The number of fused-ring (bicyclic) bond motifs is 1. The lowest BCUT2D eigenvalue weighted by atomic mass is 10.1. The Labute approximate surface area is 97.7 Å². The second kappa shape index (κ2) is 4.41. The van der Waals surface area contributed by atoms with Gasteiger partial charge in [0, 0.05) is 4.91 Å². The second-order valence-electron chi connectivity index (χ2n) is 4.54. The van der Waals surface area contributed by atoms with Crippen molar-refractivity contribution in [3.05, 3.63) is 10.4 Å². The molecule has 0 aromatic carbocycles. The van der Waals surface area contributed by atoms with Crippen LogP contribution in [-0.2, 0) is 14.2 Å². The van der Waals surface area contributed by atoms with E-state index in [1.54, 1.807) is 13.8 Å². The predicted molar refractivity (Wildman–Crippen MR) is 54.7 cm³/mol. The molecule has 0 unspecified atom stereocenters. The van der Waals surface area contributed by atoms with Gasteiger partial charge in [0.15, 0.2) is 12.1 Å². The molecule has 8 heteroatoms. The standard InChI is InChI=1S/C9H15N3O5/c1-9(2)16-7-5(14)6(15-8(7)17-9)4(13)3-11-12-10/h4-8,13-14H,3H2,1-2H3/t4-,5+,6+,7-,8-/m0/s1. The molecule has 0 saturated carbocycles. The number of ether oxygens (including phenoxy) is 3. The number of azide groups is 1. The van der Waals surface area contributed by atoms with Crippen LogP contribution in [0.5, 0.6) is 0 Å². The van der Waals surface area contributed by atoms with Crippen LogP contribution in [0.2, 0.25) is 0 Å². The van der Waals surface area contributed by atoms with Crippen molar-refractivity contribution in [1.29, 1.82) is 0 Å². The van der Waals surface area contributed by atoms with E-state index >= 15 is 0 Å². The van der Waals surface area contributed by atoms with Crippen LogP contribution in [0.1, 0.15) is 13.8 Å². The third-order valence-electron chi connectivity index (χ3n) is 2.76. The van der Waals surface area contributed by atoms with Crippen LogP contribution in [0, 0.1) is 0 Å². The molecule has 0 aliphatic carbocycles. The van der Waals surface area contributed by atoms with Gasteiger partial charge in [0.1, 0.15) is 18.3 Å². The summed E-state index contributed by atoms with van der Waals surface area (Å²) in [4.78, 5) is 2.53. The summed E-state index contributed by atoms with van der Waals surface area (Å²) in [5, 5.41) is 22.8. The zero-order valence-electron chi connectivity index (χ0n) is 9.55. The van der Waals surface area contributed by atoms with Crippen LogP contribution in [0.3, 0.4) is 0 Å². The maximum atomic E-state index is 9.94. The van der Waals surface area contributed by atoms with E-state index in [0.29, 0.717) is 0 Å². The molecule has 2 N–H and O–H groups in total. The summed E-state index contributed by atoms with van der Waals surface area (Å²) in [6.07, 6.45) is -4.29. The van der Waals surface area contributed by atoms with E-state index in [1.165, 1.54) is 0 Å². The fourth-order valence-corrected chi connectivity index (χ4v) is 2.06. The molecular weight excluding hydrogens is 230 g/mol. The highest BCUT2D eigenvalue weighted by molar-refractivity contribution is 4.96. The fourth-order valence-electron chi connectivity index (χ4n) is 2.06. The van der Waals surface area contributed by atoms with E-state index < -0.39 is 36.5 Å². The van der Waals surface area contributed by atoms with Gasteiger partial charge < -0.3 is 24.4 Å².